The molecule has 1 aliphatic carbocycles. The van der Waals surface area contributed by atoms with Gasteiger partial charge in [-0.15, -0.1) is 0 Å². The summed E-state index contributed by atoms with van der Waals surface area (Å²) in [5.41, 5.74) is 2.38. The number of methoxy groups -OCH3 is 1. The minimum Gasteiger partial charge on any atom is -0.384 e. The number of anilines is 1. The maximum Gasteiger partial charge on any atom is 0.167 e. The van der Waals surface area contributed by atoms with Crippen molar-refractivity contribution in [3.05, 3.63) is 24.0 Å². The number of pyridine rings is 1. The van der Waals surface area contributed by atoms with Gasteiger partial charge in [0.05, 0.1) is 12.0 Å². The smallest absolute Gasteiger partial charge is 0.167 e. The molecule has 24 heavy (non-hydrogen) atoms. The van der Waals surface area contributed by atoms with E-state index in [-0.39, 0.29) is 5.78 Å². The molecule has 2 aromatic heterocycles. The van der Waals surface area contributed by atoms with Crippen molar-refractivity contribution in [3.63, 3.8) is 0 Å². The molecule has 0 radical (unpaired) electrons. The van der Waals surface area contributed by atoms with Crippen molar-refractivity contribution in [2.45, 2.75) is 42.1 Å². The van der Waals surface area contributed by atoms with Gasteiger partial charge in [-0.3, -0.25) is 8.36 Å². The molecule has 6 nitrogen and oxygen atoms in total. The van der Waals surface area contributed by atoms with Crippen molar-refractivity contribution in [1.82, 2.24) is 9.97 Å². The molecule has 130 valence electrons. The van der Waals surface area contributed by atoms with Gasteiger partial charge in [0.15, 0.2) is 5.78 Å². The van der Waals surface area contributed by atoms with Gasteiger partial charge in [0.25, 0.3) is 0 Å². The van der Waals surface area contributed by atoms with Gasteiger partial charge in [-0.1, -0.05) is 6.42 Å². The van der Waals surface area contributed by atoms with E-state index in [1.165, 1.54) is 12.8 Å². The Balaban J connectivity index is 1.86. The first-order valence-corrected chi connectivity index (χ1v) is 10.6. The third-order valence-electron chi connectivity index (χ3n) is 4.53. The number of fused-ring (bicyclic) bond motifs is 1. The van der Waals surface area contributed by atoms with Crippen LogP contribution in [-0.2, 0) is 4.74 Å². The molecular formula is C17H23IN4O2. The molecule has 0 aromatic carbocycles. The number of rotatable bonds is 7. The Morgan fingerprint density at radius 1 is 1.54 bits per heavy atom. The second kappa shape index (κ2) is 8.15. The van der Waals surface area contributed by atoms with Gasteiger partial charge in [0.1, 0.15) is 5.65 Å². The number of ketones is 1. The number of hydrogen-bond acceptors (Lipinski definition) is 5. The lowest BCUT2D eigenvalue weighted by Crippen LogP contribution is -2.27. The summed E-state index contributed by atoms with van der Waals surface area (Å²) in [4.78, 5) is 19.9. The van der Waals surface area contributed by atoms with Crippen LogP contribution in [0.3, 0.4) is 0 Å². The summed E-state index contributed by atoms with van der Waals surface area (Å²) >= 11 is -0.444. The van der Waals surface area contributed by atoms with Gasteiger partial charge in [-0.05, 0) is 46.4 Å². The van der Waals surface area contributed by atoms with Gasteiger partial charge in [-0.2, -0.15) is 0 Å². The SMILES string of the molecule is COCCC(=O)c1c[nH]c2nccc(N[C@@H]3CCCC(I=N)C3)c12. The van der Waals surface area contributed by atoms with E-state index in [1.807, 2.05) is 6.07 Å². The van der Waals surface area contributed by atoms with Crippen molar-refractivity contribution in [2.75, 3.05) is 19.0 Å². The highest BCUT2D eigenvalue weighted by Crippen LogP contribution is 2.32. The zero-order valence-electron chi connectivity index (χ0n) is 13.8. The summed E-state index contributed by atoms with van der Waals surface area (Å²) in [6, 6.07) is 2.33. The van der Waals surface area contributed by atoms with Crippen LogP contribution in [0.2, 0.25) is 0 Å². The monoisotopic (exact) mass is 442 g/mol. The van der Waals surface area contributed by atoms with Crippen molar-refractivity contribution < 1.29 is 9.53 Å². The summed E-state index contributed by atoms with van der Waals surface area (Å²) in [6.45, 7) is 0.423. The summed E-state index contributed by atoms with van der Waals surface area (Å²) in [6.07, 6.45) is 8.46. The highest BCUT2D eigenvalue weighted by molar-refractivity contribution is 14.1. The Bertz CT molecular complexity index is 730. The third kappa shape index (κ3) is 3.83. The van der Waals surface area contributed by atoms with E-state index in [2.05, 4.69) is 15.3 Å². The molecule has 0 amide bonds. The summed E-state index contributed by atoms with van der Waals surface area (Å²) in [5, 5.41) is 4.49. The molecule has 1 fully saturated rings. The number of aromatic nitrogens is 2. The zero-order valence-corrected chi connectivity index (χ0v) is 15.9. The van der Waals surface area contributed by atoms with Gasteiger partial charge < -0.3 is 15.0 Å². The molecule has 7 heteroatoms. The Morgan fingerprint density at radius 3 is 3.21 bits per heavy atom. The van der Waals surface area contributed by atoms with Gasteiger partial charge in [-0.25, -0.2) is 4.98 Å². The summed E-state index contributed by atoms with van der Waals surface area (Å²) in [7, 11) is 1.60. The second-order valence-electron chi connectivity index (χ2n) is 6.16. The minimum atomic E-state index is -0.444. The average molecular weight is 442 g/mol. The van der Waals surface area contributed by atoms with Gasteiger partial charge in [0, 0.05) is 47.1 Å². The number of carbonyl (C=O) groups excluding carboxylic acids is 1. The summed E-state index contributed by atoms with van der Waals surface area (Å²) < 4.78 is 13.3. The first kappa shape index (κ1) is 17.5. The molecule has 1 unspecified atom stereocenters. The van der Waals surface area contributed by atoms with E-state index in [1.54, 1.807) is 19.5 Å². The molecule has 0 spiro atoms. The second-order valence-corrected chi connectivity index (χ2v) is 8.55. The quantitative estimate of drug-likeness (QED) is 0.340. The Kier molecular flexibility index (Phi) is 5.94. The molecule has 2 atom stereocenters. The van der Waals surface area contributed by atoms with Crippen LogP contribution in [0.25, 0.3) is 11.0 Å². The highest BCUT2D eigenvalue weighted by Gasteiger charge is 2.23. The number of nitrogens with zero attached hydrogens (tertiary/aromatic N) is 1. The first-order valence-electron chi connectivity index (χ1n) is 8.26. The number of carbonyl (C=O) groups is 1. The van der Waals surface area contributed by atoms with Crippen LogP contribution in [-0.4, -0.2) is 39.4 Å². The largest absolute Gasteiger partial charge is 0.384 e. The molecule has 2 aromatic rings. The Hall–Kier alpha value is -1.35. The fourth-order valence-corrected chi connectivity index (χ4v) is 4.93. The summed E-state index contributed by atoms with van der Waals surface area (Å²) in [5.74, 6) is 0.0673. The minimum absolute atomic E-state index is 0.0673. The standard InChI is InChI=1S/C17H23IN4O2/c1-24-8-6-15(23)13-10-21-17-16(13)14(5-7-20-17)22-12-4-2-3-11(9-12)18-19/h5,7,10-12,19H,2-4,6,8-9H2,1H3,(H2,20,21,22)/t11?,12-/m1/s1. The predicted molar refractivity (Wildman–Crippen MR) is 103 cm³/mol. The van der Waals surface area contributed by atoms with Crippen molar-refractivity contribution in [2.24, 2.45) is 0 Å². The van der Waals surface area contributed by atoms with Gasteiger partial charge >= 0.3 is 0 Å². The fourth-order valence-electron chi connectivity index (χ4n) is 3.31. The van der Waals surface area contributed by atoms with Crippen molar-refractivity contribution in [1.29, 1.82) is 3.56 Å². The molecule has 2 heterocycles. The van der Waals surface area contributed by atoms with E-state index < -0.39 is 21.0 Å². The zero-order chi connectivity index (χ0) is 16.9. The molecule has 0 aliphatic heterocycles. The fraction of sp³-hybridized carbons (Fsp3) is 0.529. The average Bonchev–Trinajstić information content (AvgIpc) is 3.05. The van der Waals surface area contributed by atoms with Crippen molar-refractivity contribution >= 4 is 43.5 Å². The van der Waals surface area contributed by atoms with Crippen LogP contribution in [0.5, 0.6) is 0 Å². The molecule has 1 aliphatic rings. The number of nitrogens with one attached hydrogen (secondary N) is 3. The highest BCUT2D eigenvalue weighted by atomic mass is 127. The molecule has 1 saturated carbocycles. The molecule has 0 saturated heterocycles. The topological polar surface area (TPSA) is 90.9 Å². The van der Waals surface area contributed by atoms with Crippen LogP contribution >= 0.6 is 21.0 Å². The first-order chi connectivity index (χ1) is 11.7. The number of halogens is 1. The molecule has 3 N–H and O–H groups in total. The van der Waals surface area contributed by atoms with Crippen molar-refractivity contribution in [3.8, 4) is 0 Å². The lowest BCUT2D eigenvalue weighted by molar-refractivity contribution is 0.0934. The van der Waals surface area contributed by atoms with Crippen LogP contribution in [0, 0.1) is 3.56 Å². The normalized spacial score (nSPS) is 21.0. The lowest BCUT2D eigenvalue weighted by Gasteiger charge is -2.28. The Morgan fingerprint density at radius 2 is 2.42 bits per heavy atom. The lowest BCUT2D eigenvalue weighted by atomic mass is 9.95. The third-order valence-corrected chi connectivity index (χ3v) is 6.54. The van der Waals surface area contributed by atoms with Crippen LogP contribution in [0.15, 0.2) is 18.5 Å². The van der Waals surface area contributed by atoms with Gasteiger partial charge in [0.2, 0.25) is 0 Å². The van der Waals surface area contributed by atoms with Crippen LogP contribution in [0.4, 0.5) is 5.69 Å². The number of ether oxygens (including phenoxy) is 1. The van der Waals surface area contributed by atoms with Crippen LogP contribution in [0.1, 0.15) is 42.5 Å². The molecule has 3 rings (SSSR count). The number of alkyl halides is 1. The number of Topliss-reactive ketones (excluding diaryl/α,β-unsaturated/α-hetero) is 1. The van der Waals surface area contributed by atoms with Crippen LogP contribution < -0.4 is 5.32 Å². The maximum absolute atomic E-state index is 12.4. The van der Waals surface area contributed by atoms with E-state index in [0.717, 1.165) is 29.6 Å². The van der Waals surface area contributed by atoms with E-state index >= 15 is 0 Å². The number of H-pyrrole nitrogens is 1. The molecular weight excluding hydrogens is 419 g/mol. The number of hydrogen-bond donors (Lipinski definition) is 3. The Labute approximate surface area is 151 Å². The predicted octanol–water partition coefficient (Wildman–Crippen LogP) is 4.24. The number of aromatic amines is 1. The molecule has 0 bridgehead atoms. The van der Waals surface area contributed by atoms with E-state index in [4.69, 9.17) is 8.30 Å². The van der Waals surface area contributed by atoms with E-state index in [9.17, 15) is 4.79 Å². The maximum atomic E-state index is 12.4. The van der Waals surface area contributed by atoms with E-state index in [0.29, 0.717) is 28.6 Å².